The number of methoxy groups -OCH3 is 1. The zero-order chi connectivity index (χ0) is 19.4. The topological polar surface area (TPSA) is 67.9 Å². The minimum atomic E-state index is -0.486. The molecule has 8 heteroatoms. The summed E-state index contributed by atoms with van der Waals surface area (Å²) in [5.41, 5.74) is 1.86. The number of nitrogens with one attached hydrogen (secondary N) is 1. The maximum Gasteiger partial charge on any atom is 0.337 e. The van der Waals surface area contributed by atoms with Crippen molar-refractivity contribution in [3.8, 4) is 0 Å². The van der Waals surface area contributed by atoms with E-state index >= 15 is 0 Å². The number of hydrogen-bond acceptors (Lipinski definition) is 5. The van der Waals surface area contributed by atoms with Crippen LogP contribution in [-0.2, 0) is 9.47 Å². The molecule has 1 saturated heterocycles. The highest BCUT2D eigenvalue weighted by atomic mass is 35.5. The van der Waals surface area contributed by atoms with E-state index in [1.165, 1.54) is 7.11 Å². The lowest BCUT2D eigenvalue weighted by Crippen LogP contribution is -2.36. The Morgan fingerprint density at radius 3 is 2.59 bits per heavy atom. The van der Waals surface area contributed by atoms with Crippen molar-refractivity contribution in [2.75, 3.05) is 43.6 Å². The van der Waals surface area contributed by atoms with Crippen molar-refractivity contribution in [3.63, 3.8) is 0 Å². The van der Waals surface area contributed by atoms with Crippen LogP contribution in [0, 0.1) is 0 Å². The Labute approximate surface area is 167 Å². The first-order chi connectivity index (χ1) is 13.0. The summed E-state index contributed by atoms with van der Waals surface area (Å²) < 4.78 is 10.2. The van der Waals surface area contributed by atoms with Crippen molar-refractivity contribution in [3.05, 3.63) is 57.6 Å². The predicted octanol–water partition coefficient (Wildman–Crippen LogP) is 3.87. The Bertz CT molecular complexity index is 867. The number of nitrogens with zero attached hydrogens (tertiary/aromatic N) is 1. The maximum absolute atomic E-state index is 12.8. The van der Waals surface area contributed by atoms with Gasteiger partial charge in [0, 0.05) is 13.1 Å². The van der Waals surface area contributed by atoms with Crippen LogP contribution in [-0.4, -0.2) is 45.3 Å². The largest absolute Gasteiger partial charge is 0.465 e. The lowest BCUT2D eigenvalue weighted by molar-refractivity contribution is 0.0600. The fourth-order valence-electron chi connectivity index (χ4n) is 2.83. The molecule has 142 valence electrons. The van der Waals surface area contributed by atoms with E-state index in [2.05, 4.69) is 10.2 Å². The summed E-state index contributed by atoms with van der Waals surface area (Å²) in [6.07, 6.45) is 0. The molecule has 0 radical (unpaired) electrons. The third kappa shape index (κ3) is 4.35. The molecule has 6 nitrogen and oxygen atoms in total. The van der Waals surface area contributed by atoms with Crippen LogP contribution < -0.4 is 10.2 Å². The fourth-order valence-corrected chi connectivity index (χ4v) is 3.22. The van der Waals surface area contributed by atoms with Crippen molar-refractivity contribution in [1.29, 1.82) is 0 Å². The number of hydrogen-bond donors (Lipinski definition) is 1. The van der Waals surface area contributed by atoms with Gasteiger partial charge in [0.05, 0.1) is 52.9 Å². The van der Waals surface area contributed by atoms with Crippen LogP contribution in [0.3, 0.4) is 0 Å². The van der Waals surface area contributed by atoms with Gasteiger partial charge in [-0.1, -0.05) is 29.3 Å². The molecule has 27 heavy (non-hydrogen) atoms. The Morgan fingerprint density at radius 2 is 1.89 bits per heavy atom. The minimum Gasteiger partial charge on any atom is -0.465 e. The molecule has 0 aromatic heterocycles. The highest BCUT2D eigenvalue weighted by Gasteiger charge is 2.20. The van der Waals surface area contributed by atoms with E-state index in [1.54, 1.807) is 36.4 Å². The van der Waals surface area contributed by atoms with Gasteiger partial charge >= 0.3 is 5.97 Å². The molecular weight excluding hydrogens is 391 g/mol. The fraction of sp³-hybridized carbons (Fsp3) is 0.263. The van der Waals surface area contributed by atoms with Gasteiger partial charge in [0.15, 0.2) is 0 Å². The van der Waals surface area contributed by atoms with E-state index < -0.39 is 11.9 Å². The number of carbonyl (C=O) groups excluding carboxylic acids is 2. The smallest absolute Gasteiger partial charge is 0.337 e. The van der Waals surface area contributed by atoms with Crippen LogP contribution in [0.15, 0.2) is 36.4 Å². The molecule has 0 saturated carbocycles. The van der Waals surface area contributed by atoms with E-state index in [1.807, 2.05) is 0 Å². The summed E-state index contributed by atoms with van der Waals surface area (Å²) in [5.74, 6) is -0.904. The van der Waals surface area contributed by atoms with Crippen LogP contribution in [0.25, 0.3) is 0 Å². The zero-order valence-corrected chi connectivity index (χ0v) is 16.1. The van der Waals surface area contributed by atoms with E-state index in [0.717, 1.165) is 5.69 Å². The first kappa shape index (κ1) is 19.5. The van der Waals surface area contributed by atoms with Crippen molar-refractivity contribution >= 4 is 46.5 Å². The van der Waals surface area contributed by atoms with Gasteiger partial charge in [0.2, 0.25) is 0 Å². The van der Waals surface area contributed by atoms with Crippen molar-refractivity contribution in [2.45, 2.75) is 0 Å². The van der Waals surface area contributed by atoms with Gasteiger partial charge in [-0.25, -0.2) is 4.79 Å². The van der Waals surface area contributed by atoms with Gasteiger partial charge in [0.25, 0.3) is 5.91 Å². The van der Waals surface area contributed by atoms with E-state index in [4.69, 9.17) is 32.7 Å². The van der Waals surface area contributed by atoms with Gasteiger partial charge in [-0.2, -0.15) is 0 Å². The maximum atomic E-state index is 12.8. The summed E-state index contributed by atoms with van der Waals surface area (Å²) >= 11 is 12.2. The normalized spacial score (nSPS) is 14.0. The first-order valence-electron chi connectivity index (χ1n) is 8.31. The van der Waals surface area contributed by atoms with Crippen molar-refractivity contribution in [1.82, 2.24) is 0 Å². The first-order valence-corrected chi connectivity index (χ1v) is 9.07. The molecule has 1 N–H and O–H groups in total. The molecule has 1 aliphatic heterocycles. The molecule has 1 amide bonds. The molecule has 1 fully saturated rings. The van der Waals surface area contributed by atoms with Crippen LogP contribution in [0.4, 0.5) is 11.4 Å². The second-order valence-electron chi connectivity index (χ2n) is 5.88. The summed E-state index contributed by atoms with van der Waals surface area (Å²) in [7, 11) is 1.31. The van der Waals surface area contributed by atoms with Gasteiger partial charge < -0.3 is 19.7 Å². The molecular formula is C19H18Cl2N2O4. The van der Waals surface area contributed by atoms with Crippen LogP contribution >= 0.6 is 23.2 Å². The van der Waals surface area contributed by atoms with Crippen LogP contribution in [0.2, 0.25) is 10.0 Å². The van der Waals surface area contributed by atoms with Crippen molar-refractivity contribution < 1.29 is 19.1 Å². The van der Waals surface area contributed by atoms with Crippen LogP contribution in [0.1, 0.15) is 20.7 Å². The standard InChI is InChI=1S/C19H18Cl2N2O4/c1-26-19(25)12-5-6-16(23-7-9-27-10-8-23)15(11-12)22-18(24)13-3-2-4-14(20)17(13)21/h2-6,11H,7-10H2,1H3,(H,22,24). The number of anilines is 2. The quantitative estimate of drug-likeness (QED) is 0.777. The summed E-state index contributed by atoms with van der Waals surface area (Å²) in [6, 6.07) is 9.88. The number of halogens is 2. The Balaban J connectivity index is 1.96. The molecule has 0 atom stereocenters. The van der Waals surface area contributed by atoms with Gasteiger partial charge in [0.1, 0.15) is 0 Å². The van der Waals surface area contributed by atoms with E-state index in [0.29, 0.717) is 42.6 Å². The second-order valence-corrected chi connectivity index (χ2v) is 6.66. The summed E-state index contributed by atoms with van der Waals surface area (Å²) in [6.45, 7) is 2.54. The number of esters is 1. The Morgan fingerprint density at radius 1 is 1.15 bits per heavy atom. The molecule has 0 spiro atoms. The zero-order valence-electron chi connectivity index (χ0n) is 14.6. The lowest BCUT2D eigenvalue weighted by Gasteiger charge is -2.30. The molecule has 1 aliphatic rings. The number of ether oxygens (including phenoxy) is 2. The predicted molar refractivity (Wildman–Crippen MR) is 105 cm³/mol. The molecule has 0 aliphatic carbocycles. The Kier molecular flexibility index (Phi) is 6.21. The number of carbonyl (C=O) groups is 2. The number of rotatable bonds is 4. The minimum absolute atomic E-state index is 0.175. The third-order valence-corrected chi connectivity index (χ3v) is 5.03. The monoisotopic (exact) mass is 408 g/mol. The molecule has 0 bridgehead atoms. The van der Waals surface area contributed by atoms with E-state index in [9.17, 15) is 9.59 Å². The molecule has 0 unspecified atom stereocenters. The highest BCUT2D eigenvalue weighted by Crippen LogP contribution is 2.31. The molecule has 2 aromatic rings. The van der Waals surface area contributed by atoms with E-state index in [-0.39, 0.29) is 10.6 Å². The average Bonchev–Trinajstić information content (AvgIpc) is 2.70. The van der Waals surface area contributed by atoms with Gasteiger partial charge in [-0.15, -0.1) is 0 Å². The lowest BCUT2D eigenvalue weighted by atomic mass is 10.1. The van der Waals surface area contributed by atoms with Gasteiger partial charge in [-0.05, 0) is 30.3 Å². The molecule has 2 aromatic carbocycles. The number of benzene rings is 2. The van der Waals surface area contributed by atoms with Gasteiger partial charge in [-0.3, -0.25) is 4.79 Å². The second kappa shape index (κ2) is 8.61. The summed E-state index contributed by atoms with van der Waals surface area (Å²) in [5, 5.41) is 3.31. The Hall–Kier alpha value is -2.28. The third-order valence-electron chi connectivity index (χ3n) is 4.21. The average molecular weight is 409 g/mol. The molecule has 1 heterocycles. The molecule has 3 rings (SSSR count). The van der Waals surface area contributed by atoms with Crippen LogP contribution in [0.5, 0.6) is 0 Å². The number of amides is 1. The highest BCUT2D eigenvalue weighted by molar-refractivity contribution is 6.44. The number of morpholine rings is 1. The summed E-state index contributed by atoms with van der Waals surface area (Å²) in [4.78, 5) is 26.7. The van der Waals surface area contributed by atoms with Crippen molar-refractivity contribution in [2.24, 2.45) is 0 Å². The SMILES string of the molecule is COC(=O)c1ccc(N2CCOCC2)c(NC(=O)c2cccc(Cl)c2Cl)c1.